The van der Waals surface area contributed by atoms with E-state index >= 15 is 0 Å². The number of carbonyl (C=O) groups is 2. The number of nitrogens with one attached hydrogen (secondary N) is 1. The molecule has 0 saturated heterocycles. The Hall–Kier alpha value is -3.36. The second kappa shape index (κ2) is 13.8. The molecule has 0 aromatic heterocycles. The maximum Gasteiger partial charge on any atom is 0.264 e. The van der Waals surface area contributed by atoms with Gasteiger partial charge in [0, 0.05) is 17.6 Å². The fraction of sp³-hybridized carbons (Fsp3) is 0.355. The van der Waals surface area contributed by atoms with Crippen LogP contribution in [0.25, 0.3) is 0 Å². The third-order valence-corrected chi connectivity index (χ3v) is 8.87. The predicted molar refractivity (Wildman–Crippen MR) is 161 cm³/mol. The molecule has 0 saturated carbocycles. The zero-order chi connectivity index (χ0) is 29.4. The number of carbonyl (C=O) groups excluding carboxylic acids is 2. The molecule has 0 bridgehead atoms. The van der Waals surface area contributed by atoms with E-state index in [1.807, 2.05) is 52.0 Å². The van der Waals surface area contributed by atoms with Gasteiger partial charge in [-0.25, -0.2) is 8.42 Å². The molecule has 7 nitrogen and oxygen atoms in total. The number of aryl methyl sites for hydroxylation is 2. The minimum atomic E-state index is -4.13. The molecule has 3 rings (SSSR count). The highest BCUT2D eigenvalue weighted by Crippen LogP contribution is 2.29. The van der Waals surface area contributed by atoms with Gasteiger partial charge in [-0.3, -0.25) is 13.9 Å². The number of benzene rings is 3. The summed E-state index contributed by atoms with van der Waals surface area (Å²) in [5.74, 6) is -0.750. The highest BCUT2D eigenvalue weighted by molar-refractivity contribution is 7.92. The van der Waals surface area contributed by atoms with E-state index in [0.717, 1.165) is 21.9 Å². The fourth-order valence-electron chi connectivity index (χ4n) is 4.50. The molecule has 0 heterocycles. The summed E-state index contributed by atoms with van der Waals surface area (Å²) in [5, 5.41) is 3.45. The number of amides is 2. The zero-order valence-electron chi connectivity index (χ0n) is 23.7. The molecule has 0 unspecified atom stereocenters. The molecule has 0 aliphatic carbocycles. The van der Waals surface area contributed by atoms with Crippen LogP contribution in [0.1, 0.15) is 50.3 Å². The second-order valence-corrected chi connectivity index (χ2v) is 12.3. The Balaban J connectivity index is 2.08. The molecule has 40 heavy (non-hydrogen) atoms. The molecule has 9 heteroatoms. The van der Waals surface area contributed by atoms with Crippen LogP contribution in [0.4, 0.5) is 5.69 Å². The SMILES string of the molecule is CC[C@@H](C)NC(=O)[C@@H](CC)N(Cc1cccc(C)c1)C(=O)CN(c1ccc(Cl)cc1C)S(=O)(=O)c1ccccc1. The molecule has 2 atom stereocenters. The molecule has 0 radical (unpaired) electrons. The van der Waals surface area contributed by atoms with Crippen molar-refractivity contribution in [3.8, 4) is 0 Å². The topological polar surface area (TPSA) is 86.8 Å². The number of rotatable bonds is 12. The molecule has 0 fully saturated rings. The van der Waals surface area contributed by atoms with Gasteiger partial charge in [-0.1, -0.05) is 73.5 Å². The van der Waals surface area contributed by atoms with E-state index < -0.39 is 28.5 Å². The van der Waals surface area contributed by atoms with Gasteiger partial charge >= 0.3 is 0 Å². The Morgan fingerprint density at radius 1 is 0.925 bits per heavy atom. The molecule has 3 aromatic rings. The quantitative estimate of drug-likeness (QED) is 0.289. The van der Waals surface area contributed by atoms with Gasteiger partial charge in [0.1, 0.15) is 12.6 Å². The van der Waals surface area contributed by atoms with E-state index in [9.17, 15) is 18.0 Å². The first kappa shape index (κ1) is 31.2. The van der Waals surface area contributed by atoms with Crippen molar-refractivity contribution in [1.29, 1.82) is 0 Å². The number of hydrogen-bond acceptors (Lipinski definition) is 4. The van der Waals surface area contributed by atoms with Crippen molar-refractivity contribution >= 4 is 39.1 Å². The van der Waals surface area contributed by atoms with E-state index in [0.29, 0.717) is 22.7 Å². The van der Waals surface area contributed by atoms with Crippen molar-refractivity contribution in [2.75, 3.05) is 10.8 Å². The third-order valence-electron chi connectivity index (χ3n) is 6.86. The summed E-state index contributed by atoms with van der Waals surface area (Å²) in [6.45, 7) is 9.11. The van der Waals surface area contributed by atoms with Crippen LogP contribution in [-0.2, 0) is 26.2 Å². The predicted octanol–water partition coefficient (Wildman–Crippen LogP) is 5.87. The van der Waals surface area contributed by atoms with Crippen LogP contribution in [0, 0.1) is 13.8 Å². The maximum absolute atomic E-state index is 14.1. The summed E-state index contributed by atoms with van der Waals surface area (Å²) in [4.78, 5) is 29.1. The normalized spacial score (nSPS) is 12.8. The van der Waals surface area contributed by atoms with Crippen LogP contribution in [0.2, 0.25) is 5.02 Å². The summed E-state index contributed by atoms with van der Waals surface area (Å²) in [7, 11) is -4.13. The van der Waals surface area contributed by atoms with Gasteiger partial charge < -0.3 is 10.2 Å². The Bertz CT molecular complexity index is 1430. The lowest BCUT2D eigenvalue weighted by molar-refractivity contribution is -0.140. The van der Waals surface area contributed by atoms with Crippen molar-refractivity contribution in [1.82, 2.24) is 10.2 Å². The third kappa shape index (κ3) is 7.64. The lowest BCUT2D eigenvalue weighted by Crippen LogP contribution is -2.53. The van der Waals surface area contributed by atoms with Crippen molar-refractivity contribution < 1.29 is 18.0 Å². The van der Waals surface area contributed by atoms with Crippen LogP contribution in [0.5, 0.6) is 0 Å². The van der Waals surface area contributed by atoms with Gasteiger partial charge in [-0.05, 0) is 75.1 Å². The highest BCUT2D eigenvalue weighted by Gasteiger charge is 2.34. The van der Waals surface area contributed by atoms with E-state index in [1.165, 1.54) is 17.0 Å². The molecule has 214 valence electrons. The molecule has 0 aliphatic rings. The Kier molecular flexibility index (Phi) is 10.8. The first-order chi connectivity index (χ1) is 19.0. The van der Waals surface area contributed by atoms with Gasteiger partial charge in [0.25, 0.3) is 10.0 Å². The standard InChI is InChI=1S/C31H38ClN3O4S/c1-6-24(5)33-31(37)28(7-2)34(20-25-13-11-12-22(3)18-25)30(36)21-35(29-17-16-26(32)19-23(29)4)40(38,39)27-14-9-8-10-15-27/h8-19,24,28H,6-7,20-21H2,1-5H3,(H,33,37)/t24-,28-/m1/s1. The number of anilines is 1. The number of sulfonamides is 1. The minimum absolute atomic E-state index is 0.0592. The van der Waals surface area contributed by atoms with Crippen LogP contribution < -0.4 is 9.62 Å². The van der Waals surface area contributed by atoms with Crippen molar-refractivity contribution in [2.45, 2.75) is 71.0 Å². The van der Waals surface area contributed by atoms with Gasteiger partial charge in [0.05, 0.1) is 10.6 Å². The Morgan fingerprint density at radius 2 is 1.62 bits per heavy atom. The van der Waals surface area contributed by atoms with Gasteiger partial charge in [-0.15, -0.1) is 0 Å². The molecule has 1 N–H and O–H groups in total. The first-order valence-corrected chi connectivity index (χ1v) is 15.3. The summed E-state index contributed by atoms with van der Waals surface area (Å²) >= 11 is 6.17. The summed E-state index contributed by atoms with van der Waals surface area (Å²) in [6.07, 6.45) is 1.11. The summed E-state index contributed by atoms with van der Waals surface area (Å²) in [5.41, 5.74) is 2.82. The largest absolute Gasteiger partial charge is 0.352 e. The van der Waals surface area contributed by atoms with Crippen molar-refractivity contribution in [3.05, 3.63) is 94.5 Å². The van der Waals surface area contributed by atoms with E-state index in [2.05, 4.69) is 5.32 Å². The van der Waals surface area contributed by atoms with Crippen LogP contribution in [-0.4, -0.2) is 43.8 Å². The van der Waals surface area contributed by atoms with Crippen LogP contribution in [0.3, 0.4) is 0 Å². The van der Waals surface area contributed by atoms with Crippen molar-refractivity contribution in [3.63, 3.8) is 0 Å². The minimum Gasteiger partial charge on any atom is -0.352 e. The van der Waals surface area contributed by atoms with Crippen LogP contribution >= 0.6 is 11.6 Å². The van der Waals surface area contributed by atoms with Gasteiger partial charge in [0.2, 0.25) is 11.8 Å². The monoisotopic (exact) mass is 583 g/mol. The molecule has 2 amide bonds. The number of nitrogens with zero attached hydrogens (tertiary/aromatic N) is 2. The van der Waals surface area contributed by atoms with E-state index in [-0.39, 0.29) is 23.4 Å². The average molecular weight is 584 g/mol. The zero-order valence-corrected chi connectivity index (χ0v) is 25.3. The summed E-state index contributed by atoms with van der Waals surface area (Å²) in [6, 6.07) is 19.7. The lowest BCUT2D eigenvalue weighted by atomic mass is 10.1. The van der Waals surface area contributed by atoms with Gasteiger partial charge in [-0.2, -0.15) is 0 Å². The molecular weight excluding hydrogens is 546 g/mol. The smallest absolute Gasteiger partial charge is 0.264 e. The second-order valence-electron chi connectivity index (χ2n) is 10.0. The van der Waals surface area contributed by atoms with Crippen molar-refractivity contribution in [2.24, 2.45) is 0 Å². The van der Waals surface area contributed by atoms with Crippen LogP contribution in [0.15, 0.2) is 77.7 Å². The maximum atomic E-state index is 14.1. The van der Waals surface area contributed by atoms with E-state index in [1.54, 1.807) is 43.3 Å². The molecule has 3 aromatic carbocycles. The van der Waals surface area contributed by atoms with E-state index in [4.69, 9.17) is 11.6 Å². The highest BCUT2D eigenvalue weighted by atomic mass is 35.5. The molecule has 0 spiro atoms. The average Bonchev–Trinajstić information content (AvgIpc) is 2.92. The van der Waals surface area contributed by atoms with Gasteiger partial charge in [0.15, 0.2) is 0 Å². The number of hydrogen-bond donors (Lipinski definition) is 1. The fourth-order valence-corrected chi connectivity index (χ4v) is 6.23. The molecule has 0 aliphatic heterocycles. The Morgan fingerprint density at radius 3 is 2.23 bits per heavy atom. The number of halogens is 1. The summed E-state index contributed by atoms with van der Waals surface area (Å²) < 4.78 is 29.0. The Labute approximate surface area is 243 Å². The lowest BCUT2D eigenvalue weighted by Gasteiger charge is -2.34. The first-order valence-electron chi connectivity index (χ1n) is 13.5. The molecular formula is C31H38ClN3O4S.